The first kappa shape index (κ1) is 11.2. The molecular formula is C9H8N2O3S. The lowest BCUT2D eigenvalue weighted by molar-refractivity contribution is -0.0131. The van der Waals surface area contributed by atoms with Crippen molar-refractivity contribution in [3.63, 3.8) is 0 Å². The van der Waals surface area contributed by atoms with Crippen molar-refractivity contribution in [3.05, 3.63) is 24.3 Å². The molecule has 1 aromatic rings. The molecular weight excluding hydrogens is 216 g/mol. The molecule has 1 rings (SSSR count). The van der Waals surface area contributed by atoms with Gasteiger partial charge in [0.15, 0.2) is 5.75 Å². The van der Waals surface area contributed by atoms with E-state index in [1.54, 1.807) is 24.3 Å². The van der Waals surface area contributed by atoms with Crippen molar-refractivity contribution in [1.82, 2.24) is 5.06 Å². The van der Waals surface area contributed by atoms with Crippen LogP contribution in [0, 0.1) is 0 Å². The van der Waals surface area contributed by atoms with Gasteiger partial charge in [-0.25, -0.2) is 4.79 Å². The zero-order valence-electron chi connectivity index (χ0n) is 7.88. The number of carboxylic acid groups (broad SMARTS) is 1. The van der Waals surface area contributed by atoms with Gasteiger partial charge in [-0.3, -0.25) is 0 Å². The highest BCUT2D eigenvalue weighted by molar-refractivity contribution is 7.78. The number of benzene rings is 1. The first-order chi connectivity index (χ1) is 7.13. The summed E-state index contributed by atoms with van der Waals surface area (Å²) in [5.41, 5.74) is 0.557. The van der Waals surface area contributed by atoms with Crippen LogP contribution in [-0.4, -0.2) is 28.5 Å². The predicted molar refractivity (Wildman–Crippen MR) is 57.5 cm³/mol. The van der Waals surface area contributed by atoms with Crippen molar-refractivity contribution in [2.24, 2.45) is 4.99 Å². The number of aliphatic imine (C=N–C) groups is 1. The Kier molecular flexibility index (Phi) is 3.79. The first-order valence-corrected chi connectivity index (χ1v) is 4.37. The summed E-state index contributed by atoms with van der Waals surface area (Å²) in [6.07, 6.45) is -1.18. The van der Waals surface area contributed by atoms with Crippen LogP contribution in [0.1, 0.15) is 0 Å². The summed E-state index contributed by atoms with van der Waals surface area (Å²) >= 11 is 4.44. The van der Waals surface area contributed by atoms with Crippen LogP contribution < -0.4 is 4.84 Å². The minimum atomic E-state index is -1.18. The molecule has 6 heteroatoms. The van der Waals surface area contributed by atoms with Gasteiger partial charge in [-0.05, 0) is 24.4 Å². The van der Waals surface area contributed by atoms with Crippen LogP contribution in [0.3, 0.4) is 0 Å². The minimum Gasteiger partial charge on any atom is -0.463 e. The molecule has 1 N–H and O–H groups in total. The molecule has 78 valence electrons. The van der Waals surface area contributed by atoms with Gasteiger partial charge in [-0.1, -0.05) is 6.07 Å². The minimum absolute atomic E-state index is 0.367. The molecule has 0 aliphatic heterocycles. The predicted octanol–water partition coefficient (Wildman–Crippen LogP) is 2.32. The second-order valence-corrected chi connectivity index (χ2v) is 2.75. The number of nitrogens with zero attached hydrogens (tertiary/aromatic N) is 2. The summed E-state index contributed by atoms with van der Waals surface area (Å²) in [7, 11) is 1.29. The molecule has 0 bridgehead atoms. The van der Waals surface area contributed by atoms with Gasteiger partial charge in [0.1, 0.15) is 0 Å². The van der Waals surface area contributed by atoms with E-state index in [1.165, 1.54) is 7.05 Å². The van der Waals surface area contributed by atoms with Crippen LogP contribution >= 0.6 is 12.2 Å². The molecule has 0 aliphatic carbocycles. The Morgan fingerprint density at radius 2 is 2.40 bits per heavy atom. The van der Waals surface area contributed by atoms with Gasteiger partial charge < -0.3 is 9.94 Å². The van der Waals surface area contributed by atoms with Crippen molar-refractivity contribution in [2.45, 2.75) is 0 Å². The fourth-order valence-electron chi connectivity index (χ4n) is 0.860. The monoisotopic (exact) mass is 224 g/mol. The van der Waals surface area contributed by atoms with Crippen molar-refractivity contribution in [2.75, 3.05) is 7.05 Å². The molecule has 0 radical (unpaired) electrons. The molecule has 1 aromatic carbocycles. The number of rotatable bonds is 3. The summed E-state index contributed by atoms with van der Waals surface area (Å²) in [6.45, 7) is 0. The molecule has 0 spiro atoms. The maximum Gasteiger partial charge on any atom is 0.440 e. The number of hydrogen-bond donors (Lipinski definition) is 1. The van der Waals surface area contributed by atoms with Gasteiger partial charge in [0.25, 0.3) is 0 Å². The van der Waals surface area contributed by atoms with E-state index in [4.69, 9.17) is 9.94 Å². The average Bonchev–Trinajstić information content (AvgIpc) is 2.18. The third-order valence-electron chi connectivity index (χ3n) is 1.50. The summed E-state index contributed by atoms with van der Waals surface area (Å²) in [4.78, 5) is 19.2. The van der Waals surface area contributed by atoms with E-state index in [9.17, 15) is 4.79 Å². The lowest BCUT2D eigenvalue weighted by atomic mass is 10.3. The Hall–Kier alpha value is -1.91. The SMILES string of the molecule is CN(Oc1cccc(N=C=S)c1)C(=O)O. The third-order valence-corrected chi connectivity index (χ3v) is 1.60. The van der Waals surface area contributed by atoms with E-state index >= 15 is 0 Å². The summed E-state index contributed by atoms with van der Waals surface area (Å²) in [5, 5.41) is 11.5. The molecule has 0 heterocycles. The van der Waals surface area contributed by atoms with Crippen molar-refractivity contribution in [3.8, 4) is 5.75 Å². The second-order valence-electron chi connectivity index (χ2n) is 2.57. The van der Waals surface area contributed by atoms with E-state index in [1.807, 2.05) is 0 Å². The Morgan fingerprint density at radius 3 is 3.00 bits per heavy atom. The zero-order chi connectivity index (χ0) is 11.3. The molecule has 0 fully saturated rings. The fraction of sp³-hybridized carbons (Fsp3) is 0.111. The average molecular weight is 224 g/mol. The van der Waals surface area contributed by atoms with Gasteiger partial charge in [0, 0.05) is 6.07 Å². The Bertz CT molecular complexity index is 416. The number of carbonyl (C=O) groups is 1. The normalized spacial score (nSPS) is 8.87. The maximum atomic E-state index is 10.5. The van der Waals surface area contributed by atoms with Crippen LogP contribution in [0.4, 0.5) is 10.5 Å². The fourth-order valence-corrected chi connectivity index (χ4v) is 0.965. The Labute approximate surface area is 91.6 Å². The lowest BCUT2D eigenvalue weighted by Gasteiger charge is -2.13. The highest BCUT2D eigenvalue weighted by Gasteiger charge is 2.07. The third kappa shape index (κ3) is 3.38. The highest BCUT2D eigenvalue weighted by Crippen LogP contribution is 2.19. The quantitative estimate of drug-likeness (QED) is 0.486. The molecule has 0 saturated heterocycles. The van der Waals surface area contributed by atoms with Crippen LogP contribution in [0.5, 0.6) is 5.75 Å². The Morgan fingerprint density at radius 1 is 1.67 bits per heavy atom. The molecule has 0 saturated carbocycles. The van der Waals surface area contributed by atoms with E-state index < -0.39 is 6.09 Å². The van der Waals surface area contributed by atoms with Gasteiger partial charge in [0.2, 0.25) is 0 Å². The number of hydrogen-bond acceptors (Lipinski definition) is 4. The standard InChI is InChI=1S/C9H8N2O3S/c1-11(9(12)13)14-8-4-2-3-7(5-8)10-6-15/h2-5H,1H3,(H,12,13). The summed E-state index contributed by atoms with van der Waals surface area (Å²) < 4.78 is 0. The molecule has 15 heavy (non-hydrogen) atoms. The van der Waals surface area contributed by atoms with Crippen LogP contribution in [0.2, 0.25) is 0 Å². The lowest BCUT2D eigenvalue weighted by Crippen LogP contribution is -2.28. The number of thiocarbonyl (C=S) groups is 1. The van der Waals surface area contributed by atoms with E-state index in [-0.39, 0.29) is 0 Å². The first-order valence-electron chi connectivity index (χ1n) is 3.96. The van der Waals surface area contributed by atoms with Gasteiger partial charge in [-0.2, -0.15) is 4.99 Å². The molecule has 0 unspecified atom stereocenters. The zero-order valence-corrected chi connectivity index (χ0v) is 8.69. The van der Waals surface area contributed by atoms with Gasteiger partial charge >= 0.3 is 6.09 Å². The van der Waals surface area contributed by atoms with E-state index in [0.717, 1.165) is 0 Å². The van der Waals surface area contributed by atoms with Crippen molar-refractivity contribution in [1.29, 1.82) is 0 Å². The van der Waals surface area contributed by atoms with Crippen molar-refractivity contribution >= 4 is 29.2 Å². The van der Waals surface area contributed by atoms with Gasteiger partial charge in [-0.15, -0.1) is 5.06 Å². The number of isothiocyanates is 1. The second kappa shape index (κ2) is 5.09. The molecule has 0 aliphatic rings. The molecule has 0 aromatic heterocycles. The van der Waals surface area contributed by atoms with E-state index in [0.29, 0.717) is 16.5 Å². The molecule has 1 amide bonds. The number of amides is 1. The summed E-state index contributed by atoms with van der Waals surface area (Å²) in [5.74, 6) is 0.367. The van der Waals surface area contributed by atoms with Crippen LogP contribution in [0.25, 0.3) is 0 Å². The van der Waals surface area contributed by atoms with Crippen LogP contribution in [-0.2, 0) is 0 Å². The van der Waals surface area contributed by atoms with E-state index in [2.05, 4.69) is 22.4 Å². The smallest absolute Gasteiger partial charge is 0.440 e. The highest BCUT2D eigenvalue weighted by atomic mass is 32.1. The molecule has 0 atom stereocenters. The number of hydroxylamine groups is 2. The molecule has 5 nitrogen and oxygen atoms in total. The topological polar surface area (TPSA) is 62.1 Å². The summed E-state index contributed by atoms with van der Waals surface area (Å²) in [6, 6.07) is 6.55. The maximum absolute atomic E-state index is 10.5. The van der Waals surface area contributed by atoms with Crippen molar-refractivity contribution < 1.29 is 14.7 Å². The largest absolute Gasteiger partial charge is 0.463 e. The van der Waals surface area contributed by atoms with Gasteiger partial charge in [0.05, 0.1) is 17.9 Å². The Balaban J connectivity index is 2.82. The van der Waals surface area contributed by atoms with Crippen LogP contribution in [0.15, 0.2) is 29.3 Å².